The molecule has 3 nitrogen and oxygen atoms in total. The summed E-state index contributed by atoms with van der Waals surface area (Å²) in [5, 5.41) is 3.13. The summed E-state index contributed by atoms with van der Waals surface area (Å²) in [6, 6.07) is 7.69. The summed E-state index contributed by atoms with van der Waals surface area (Å²) in [5.74, 6) is 6.48. The Morgan fingerprint density at radius 2 is 2.10 bits per heavy atom. The van der Waals surface area contributed by atoms with E-state index in [2.05, 4.69) is 24.1 Å². The van der Waals surface area contributed by atoms with Crippen LogP contribution in [0, 0.1) is 17.8 Å². The average molecular weight is 270 g/mol. The van der Waals surface area contributed by atoms with Gasteiger partial charge in [0, 0.05) is 17.2 Å². The van der Waals surface area contributed by atoms with Gasteiger partial charge in [0.25, 0.3) is 5.91 Å². The van der Waals surface area contributed by atoms with Crippen LogP contribution in [-0.4, -0.2) is 18.5 Å². The van der Waals surface area contributed by atoms with Crippen molar-refractivity contribution in [3.63, 3.8) is 0 Å². The lowest BCUT2D eigenvalue weighted by Gasteiger charge is -2.27. The lowest BCUT2D eigenvalue weighted by Crippen LogP contribution is -2.37. The molecule has 3 N–H and O–H groups in total. The summed E-state index contributed by atoms with van der Waals surface area (Å²) < 4.78 is 0. The molecule has 0 aromatic heterocycles. The highest BCUT2D eigenvalue weighted by atomic mass is 16.1. The van der Waals surface area contributed by atoms with Crippen LogP contribution in [0.15, 0.2) is 24.3 Å². The van der Waals surface area contributed by atoms with Crippen molar-refractivity contribution < 1.29 is 4.79 Å². The molecule has 1 aromatic carbocycles. The monoisotopic (exact) mass is 270 g/mol. The molecule has 20 heavy (non-hydrogen) atoms. The standard InChI is InChI=1S/C17H22N2O/c1-13-4-2-6-16(12-13)19-17(20)15-9-7-14(8-10-15)5-3-11-18/h7-10,13,16H,2,4,6,11-12,18H2,1H3,(H,19,20). The van der Waals surface area contributed by atoms with Gasteiger partial charge in [-0.1, -0.05) is 31.6 Å². The highest BCUT2D eigenvalue weighted by Crippen LogP contribution is 2.23. The Labute approximate surface area is 120 Å². The summed E-state index contributed by atoms with van der Waals surface area (Å²) in [5.41, 5.74) is 6.92. The van der Waals surface area contributed by atoms with Crippen molar-refractivity contribution in [2.45, 2.75) is 38.6 Å². The van der Waals surface area contributed by atoms with Crippen molar-refractivity contribution in [2.24, 2.45) is 11.7 Å². The molecule has 1 fully saturated rings. The molecule has 0 heterocycles. The Balaban J connectivity index is 1.95. The predicted molar refractivity (Wildman–Crippen MR) is 81.3 cm³/mol. The van der Waals surface area contributed by atoms with Gasteiger partial charge in [-0.2, -0.15) is 0 Å². The number of hydrogen-bond acceptors (Lipinski definition) is 2. The lowest BCUT2D eigenvalue weighted by molar-refractivity contribution is 0.0921. The molecule has 0 bridgehead atoms. The first-order valence-corrected chi connectivity index (χ1v) is 7.29. The maximum Gasteiger partial charge on any atom is 0.251 e. The van der Waals surface area contributed by atoms with Crippen molar-refractivity contribution in [1.82, 2.24) is 5.32 Å². The smallest absolute Gasteiger partial charge is 0.251 e. The minimum absolute atomic E-state index is 0.0161. The summed E-state index contributed by atoms with van der Waals surface area (Å²) in [7, 11) is 0. The number of carbonyl (C=O) groups excluding carboxylic acids is 1. The van der Waals surface area contributed by atoms with Crippen LogP contribution in [0.4, 0.5) is 0 Å². The van der Waals surface area contributed by atoms with E-state index < -0.39 is 0 Å². The van der Waals surface area contributed by atoms with Crippen molar-refractivity contribution in [1.29, 1.82) is 0 Å². The second kappa shape index (κ2) is 7.12. The fourth-order valence-corrected chi connectivity index (χ4v) is 2.69. The molecule has 1 saturated carbocycles. The van der Waals surface area contributed by atoms with Crippen LogP contribution in [0.5, 0.6) is 0 Å². The molecule has 106 valence electrons. The van der Waals surface area contributed by atoms with Crippen LogP contribution in [0.1, 0.15) is 48.5 Å². The Morgan fingerprint density at radius 1 is 1.35 bits per heavy atom. The van der Waals surface area contributed by atoms with Crippen molar-refractivity contribution in [3.05, 3.63) is 35.4 Å². The van der Waals surface area contributed by atoms with Crippen LogP contribution in [0.3, 0.4) is 0 Å². The average Bonchev–Trinajstić information content (AvgIpc) is 2.45. The molecule has 3 heteroatoms. The quantitative estimate of drug-likeness (QED) is 0.810. The fraction of sp³-hybridized carbons (Fsp3) is 0.471. The maximum absolute atomic E-state index is 12.2. The first-order chi connectivity index (χ1) is 9.69. The number of benzene rings is 1. The third-order valence-electron chi connectivity index (χ3n) is 3.75. The van der Waals surface area contributed by atoms with Crippen LogP contribution in [0.2, 0.25) is 0 Å². The summed E-state index contributed by atoms with van der Waals surface area (Å²) in [6.07, 6.45) is 4.67. The first-order valence-electron chi connectivity index (χ1n) is 7.29. The maximum atomic E-state index is 12.2. The summed E-state index contributed by atoms with van der Waals surface area (Å²) in [6.45, 7) is 2.60. The van der Waals surface area contributed by atoms with Gasteiger partial charge in [0.05, 0.1) is 6.54 Å². The van der Waals surface area contributed by atoms with E-state index in [0.29, 0.717) is 24.1 Å². The van der Waals surface area contributed by atoms with Crippen molar-refractivity contribution in [2.75, 3.05) is 6.54 Å². The van der Waals surface area contributed by atoms with Crippen molar-refractivity contribution in [3.8, 4) is 11.8 Å². The van der Waals surface area contributed by atoms with E-state index in [0.717, 1.165) is 18.4 Å². The SMILES string of the molecule is CC1CCCC(NC(=O)c2ccc(C#CCN)cc2)C1. The van der Waals surface area contributed by atoms with E-state index in [-0.39, 0.29) is 5.91 Å². The molecule has 0 saturated heterocycles. The van der Waals surface area contributed by atoms with E-state index in [9.17, 15) is 4.79 Å². The Bertz CT molecular complexity index is 510. The fourth-order valence-electron chi connectivity index (χ4n) is 2.69. The van der Waals surface area contributed by atoms with Crippen LogP contribution in [-0.2, 0) is 0 Å². The summed E-state index contributed by atoms with van der Waals surface area (Å²) >= 11 is 0. The number of rotatable bonds is 2. The lowest BCUT2D eigenvalue weighted by atomic mass is 9.87. The van der Waals surface area contributed by atoms with Gasteiger partial charge in [0.15, 0.2) is 0 Å². The van der Waals surface area contributed by atoms with E-state index >= 15 is 0 Å². The largest absolute Gasteiger partial charge is 0.349 e. The zero-order valence-corrected chi connectivity index (χ0v) is 12.0. The molecule has 1 aliphatic rings. The van der Waals surface area contributed by atoms with Gasteiger partial charge in [-0.25, -0.2) is 0 Å². The van der Waals surface area contributed by atoms with Gasteiger partial charge in [-0.05, 0) is 43.0 Å². The number of hydrogen-bond donors (Lipinski definition) is 2. The minimum Gasteiger partial charge on any atom is -0.349 e. The molecule has 0 radical (unpaired) electrons. The molecule has 2 atom stereocenters. The third kappa shape index (κ3) is 4.11. The highest BCUT2D eigenvalue weighted by molar-refractivity contribution is 5.94. The van der Waals surface area contributed by atoms with E-state index in [1.807, 2.05) is 24.3 Å². The Hall–Kier alpha value is -1.79. The zero-order valence-electron chi connectivity index (χ0n) is 12.0. The molecule has 0 spiro atoms. The van der Waals surface area contributed by atoms with Gasteiger partial charge in [-0.15, -0.1) is 0 Å². The Morgan fingerprint density at radius 3 is 2.75 bits per heavy atom. The molecular formula is C17H22N2O. The molecule has 2 rings (SSSR count). The van der Waals surface area contributed by atoms with E-state index in [1.54, 1.807) is 0 Å². The second-order valence-corrected chi connectivity index (χ2v) is 5.53. The minimum atomic E-state index is 0.0161. The second-order valence-electron chi connectivity index (χ2n) is 5.53. The van der Waals surface area contributed by atoms with Gasteiger partial charge < -0.3 is 11.1 Å². The van der Waals surface area contributed by atoms with Crippen LogP contribution in [0.25, 0.3) is 0 Å². The normalized spacial score (nSPS) is 21.7. The number of carbonyl (C=O) groups is 1. The Kier molecular flexibility index (Phi) is 5.20. The van der Waals surface area contributed by atoms with E-state index in [4.69, 9.17) is 5.73 Å². The molecule has 1 amide bonds. The van der Waals surface area contributed by atoms with Gasteiger partial charge in [0.1, 0.15) is 0 Å². The predicted octanol–water partition coefficient (Wildman–Crippen LogP) is 2.31. The highest BCUT2D eigenvalue weighted by Gasteiger charge is 2.20. The molecular weight excluding hydrogens is 248 g/mol. The molecule has 0 aliphatic heterocycles. The van der Waals surface area contributed by atoms with Crippen molar-refractivity contribution >= 4 is 5.91 Å². The topological polar surface area (TPSA) is 55.1 Å². The molecule has 2 unspecified atom stereocenters. The van der Waals surface area contributed by atoms with Gasteiger partial charge >= 0.3 is 0 Å². The van der Waals surface area contributed by atoms with E-state index in [1.165, 1.54) is 12.8 Å². The molecule has 1 aromatic rings. The number of nitrogens with two attached hydrogens (primary N) is 1. The summed E-state index contributed by atoms with van der Waals surface area (Å²) in [4.78, 5) is 12.2. The first kappa shape index (κ1) is 14.6. The zero-order chi connectivity index (χ0) is 14.4. The van der Waals surface area contributed by atoms with Crippen LogP contribution < -0.4 is 11.1 Å². The van der Waals surface area contributed by atoms with Gasteiger partial charge in [0.2, 0.25) is 0 Å². The van der Waals surface area contributed by atoms with Crippen LogP contribution >= 0.6 is 0 Å². The number of nitrogens with one attached hydrogen (secondary N) is 1. The third-order valence-corrected chi connectivity index (χ3v) is 3.75. The molecule has 1 aliphatic carbocycles. The number of amides is 1. The van der Waals surface area contributed by atoms with Gasteiger partial charge in [-0.3, -0.25) is 4.79 Å².